The van der Waals surface area contributed by atoms with Crippen molar-refractivity contribution in [3.8, 4) is 0 Å². The molecule has 24 heavy (non-hydrogen) atoms. The lowest BCUT2D eigenvalue weighted by atomic mass is 9.85. The second-order valence-electron chi connectivity index (χ2n) is 7.59. The summed E-state index contributed by atoms with van der Waals surface area (Å²) >= 11 is 0. The van der Waals surface area contributed by atoms with E-state index in [0.717, 1.165) is 31.6 Å². The highest BCUT2D eigenvalue weighted by Gasteiger charge is 2.47. The second-order valence-corrected chi connectivity index (χ2v) is 7.59. The Hall–Kier alpha value is -1.91. The van der Waals surface area contributed by atoms with Crippen molar-refractivity contribution in [3.05, 3.63) is 18.3 Å². The van der Waals surface area contributed by atoms with Crippen LogP contribution in [0.25, 0.3) is 0 Å². The largest absolute Gasteiger partial charge is 0.324 e. The number of hydrogen-bond acceptors (Lipinski definition) is 3. The third-order valence-corrected chi connectivity index (χ3v) is 5.94. The highest BCUT2D eigenvalue weighted by atomic mass is 16.2. The van der Waals surface area contributed by atoms with E-state index < -0.39 is 0 Å². The van der Waals surface area contributed by atoms with Gasteiger partial charge in [0.15, 0.2) is 0 Å². The van der Waals surface area contributed by atoms with E-state index in [1.54, 1.807) is 18.3 Å². The summed E-state index contributed by atoms with van der Waals surface area (Å²) in [7, 11) is 0. The van der Waals surface area contributed by atoms with Crippen molar-refractivity contribution in [1.82, 2.24) is 4.98 Å². The number of pyridine rings is 1. The van der Waals surface area contributed by atoms with Gasteiger partial charge in [0.05, 0.1) is 11.9 Å². The van der Waals surface area contributed by atoms with E-state index in [0.29, 0.717) is 17.4 Å². The first-order valence-corrected chi connectivity index (χ1v) is 9.28. The van der Waals surface area contributed by atoms with Gasteiger partial charge in [-0.2, -0.15) is 0 Å². The molecule has 2 atom stereocenters. The van der Waals surface area contributed by atoms with Gasteiger partial charge in [-0.25, -0.2) is 4.98 Å². The zero-order valence-electron chi connectivity index (χ0n) is 14.0. The number of hydrogen-bond donors (Lipinski definition) is 2. The lowest BCUT2D eigenvalue weighted by Gasteiger charge is -2.23. The Labute approximate surface area is 142 Å². The second kappa shape index (κ2) is 6.54. The summed E-state index contributed by atoms with van der Waals surface area (Å²) in [5, 5.41) is 5.81. The molecule has 0 aliphatic heterocycles. The third-order valence-electron chi connectivity index (χ3n) is 5.94. The molecule has 1 aromatic rings. The van der Waals surface area contributed by atoms with Gasteiger partial charge in [-0.1, -0.05) is 32.1 Å². The van der Waals surface area contributed by atoms with Crippen LogP contribution in [0.2, 0.25) is 0 Å². The van der Waals surface area contributed by atoms with Crippen molar-refractivity contribution in [2.45, 2.75) is 51.4 Å². The normalized spacial score (nSPS) is 26.7. The van der Waals surface area contributed by atoms with E-state index in [2.05, 4.69) is 15.6 Å². The molecule has 3 fully saturated rings. The summed E-state index contributed by atoms with van der Waals surface area (Å²) < 4.78 is 0. The van der Waals surface area contributed by atoms with Gasteiger partial charge in [-0.3, -0.25) is 9.59 Å². The zero-order chi connectivity index (χ0) is 16.5. The number of amides is 2. The number of rotatable bonds is 5. The first kappa shape index (κ1) is 15.6. The smallest absolute Gasteiger partial charge is 0.228 e. The summed E-state index contributed by atoms with van der Waals surface area (Å²) in [5.41, 5.74) is 0.695. The molecule has 3 aliphatic carbocycles. The first-order chi connectivity index (χ1) is 11.7. The molecule has 2 N–H and O–H groups in total. The van der Waals surface area contributed by atoms with Crippen LogP contribution in [0.1, 0.15) is 51.4 Å². The average molecular weight is 327 g/mol. The van der Waals surface area contributed by atoms with E-state index in [1.165, 1.54) is 25.7 Å². The number of nitrogens with one attached hydrogen (secondary N) is 2. The van der Waals surface area contributed by atoms with E-state index in [1.807, 2.05) is 0 Å². The van der Waals surface area contributed by atoms with Crippen molar-refractivity contribution in [3.63, 3.8) is 0 Å². The SMILES string of the molecule is O=C(Nc1ccc(NC(=O)C2CC2C2CCCC2)nc1)C1CCC1. The number of aromatic nitrogens is 1. The summed E-state index contributed by atoms with van der Waals surface area (Å²) in [5.74, 6) is 2.44. The van der Waals surface area contributed by atoms with E-state index in [4.69, 9.17) is 0 Å². The molecule has 5 nitrogen and oxygen atoms in total. The molecule has 1 heterocycles. The summed E-state index contributed by atoms with van der Waals surface area (Å²) in [6, 6.07) is 3.57. The fourth-order valence-corrected chi connectivity index (χ4v) is 4.10. The molecule has 128 valence electrons. The minimum atomic E-state index is 0.0808. The molecule has 1 aromatic heterocycles. The minimum absolute atomic E-state index is 0.0808. The molecule has 3 saturated carbocycles. The van der Waals surface area contributed by atoms with Crippen LogP contribution >= 0.6 is 0 Å². The Morgan fingerprint density at radius 2 is 1.75 bits per heavy atom. The lowest BCUT2D eigenvalue weighted by Crippen LogP contribution is -2.28. The molecule has 5 heteroatoms. The Morgan fingerprint density at radius 3 is 2.38 bits per heavy atom. The van der Waals surface area contributed by atoms with Crippen LogP contribution in [-0.2, 0) is 9.59 Å². The molecule has 0 saturated heterocycles. The quantitative estimate of drug-likeness (QED) is 0.868. The standard InChI is InChI=1S/C19H25N3O2/c23-18(13-6-3-7-13)21-14-8-9-17(20-11-14)22-19(24)16-10-15(16)12-4-1-2-5-12/h8-9,11-13,15-16H,1-7,10H2,(H,21,23)(H,20,22,24). The predicted octanol–water partition coefficient (Wildman–Crippen LogP) is 3.59. The van der Waals surface area contributed by atoms with Gasteiger partial charge in [0.25, 0.3) is 0 Å². The molecular formula is C19H25N3O2. The summed E-state index contributed by atoms with van der Waals surface area (Å²) in [4.78, 5) is 28.5. The van der Waals surface area contributed by atoms with Crippen LogP contribution < -0.4 is 10.6 Å². The van der Waals surface area contributed by atoms with Gasteiger partial charge in [0, 0.05) is 11.8 Å². The highest BCUT2D eigenvalue weighted by molar-refractivity contribution is 5.95. The van der Waals surface area contributed by atoms with Crippen molar-refractivity contribution < 1.29 is 9.59 Å². The fourth-order valence-electron chi connectivity index (χ4n) is 4.10. The van der Waals surface area contributed by atoms with Gasteiger partial charge < -0.3 is 10.6 Å². The number of carbonyl (C=O) groups excluding carboxylic acids is 2. The van der Waals surface area contributed by atoms with Gasteiger partial charge in [-0.15, -0.1) is 0 Å². The van der Waals surface area contributed by atoms with E-state index >= 15 is 0 Å². The minimum Gasteiger partial charge on any atom is -0.324 e. The Morgan fingerprint density at radius 1 is 0.958 bits per heavy atom. The Balaban J connectivity index is 1.27. The van der Waals surface area contributed by atoms with Crippen LogP contribution in [0.4, 0.5) is 11.5 Å². The first-order valence-electron chi connectivity index (χ1n) is 9.28. The maximum atomic E-state index is 12.3. The fraction of sp³-hybridized carbons (Fsp3) is 0.632. The van der Waals surface area contributed by atoms with Crippen molar-refractivity contribution in [2.75, 3.05) is 10.6 Å². The van der Waals surface area contributed by atoms with Crippen molar-refractivity contribution >= 4 is 23.3 Å². The van der Waals surface area contributed by atoms with Crippen LogP contribution in [0.15, 0.2) is 18.3 Å². The highest BCUT2D eigenvalue weighted by Crippen LogP contribution is 2.50. The van der Waals surface area contributed by atoms with Crippen LogP contribution in [0.5, 0.6) is 0 Å². The van der Waals surface area contributed by atoms with Crippen molar-refractivity contribution in [1.29, 1.82) is 0 Å². The van der Waals surface area contributed by atoms with Crippen LogP contribution in [0, 0.1) is 23.7 Å². The molecule has 0 spiro atoms. The maximum absolute atomic E-state index is 12.3. The van der Waals surface area contributed by atoms with Gasteiger partial charge >= 0.3 is 0 Å². The van der Waals surface area contributed by atoms with Crippen LogP contribution in [0.3, 0.4) is 0 Å². The summed E-state index contributed by atoms with van der Waals surface area (Å²) in [6.07, 6.45) is 11.0. The molecular weight excluding hydrogens is 302 g/mol. The summed E-state index contributed by atoms with van der Waals surface area (Å²) in [6.45, 7) is 0. The molecule has 3 aliphatic rings. The molecule has 0 aromatic carbocycles. The molecule has 0 bridgehead atoms. The number of carbonyl (C=O) groups is 2. The number of nitrogens with zero attached hydrogens (tertiary/aromatic N) is 1. The molecule has 0 radical (unpaired) electrons. The monoisotopic (exact) mass is 327 g/mol. The molecule has 2 amide bonds. The van der Waals surface area contributed by atoms with Crippen molar-refractivity contribution in [2.24, 2.45) is 23.7 Å². The Kier molecular flexibility index (Phi) is 4.25. The maximum Gasteiger partial charge on any atom is 0.228 e. The van der Waals surface area contributed by atoms with E-state index in [-0.39, 0.29) is 23.7 Å². The topological polar surface area (TPSA) is 71.1 Å². The Bertz CT molecular complexity index is 618. The van der Waals surface area contributed by atoms with Crippen LogP contribution in [-0.4, -0.2) is 16.8 Å². The van der Waals surface area contributed by atoms with E-state index in [9.17, 15) is 9.59 Å². The third kappa shape index (κ3) is 3.30. The van der Waals surface area contributed by atoms with Gasteiger partial charge in [0.1, 0.15) is 5.82 Å². The average Bonchev–Trinajstić information content (AvgIpc) is 3.13. The van der Waals surface area contributed by atoms with Gasteiger partial charge in [0.2, 0.25) is 11.8 Å². The zero-order valence-corrected chi connectivity index (χ0v) is 14.0. The molecule has 4 rings (SSSR count). The van der Waals surface area contributed by atoms with Gasteiger partial charge in [-0.05, 0) is 43.2 Å². The molecule has 2 unspecified atom stereocenters. The number of anilines is 2. The lowest BCUT2D eigenvalue weighted by molar-refractivity contribution is -0.122. The predicted molar refractivity (Wildman–Crippen MR) is 92.4 cm³/mol.